The minimum atomic E-state index is 0.510. The molecule has 292 valence electrons. The lowest BCUT2D eigenvalue weighted by atomic mass is 10.0. The second kappa shape index (κ2) is 12.9. The Kier molecular flexibility index (Phi) is 7.02. The number of hydrogen-bond acceptors (Lipinski definition) is 5. The second-order valence-electron chi connectivity index (χ2n) is 16.3. The first-order valence-electron chi connectivity index (χ1n) is 21.2. The Morgan fingerprint density at radius 3 is 1.51 bits per heavy atom. The molecule has 0 aliphatic carbocycles. The maximum atomic E-state index is 6.85. The second-order valence-corrected chi connectivity index (χ2v) is 16.3. The van der Waals surface area contributed by atoms with Crippen LogP contribution < -0.4 is 0 Å². The summed E-state index contributed by atoms with van der Waals surface area (Å²) >= 11 is 0. The number of nitrogens with zero attached hydrogens (tertiary/aromatic N) is 4. The Morgan fingerprint density at radius 1 is 0.317 bits per heavy atom. The maximum absolute atomic E-state index is 6.85. The summed E-state index contributed by atoms with van der Waals surface area (Å²) in [5.41, 5.74) is 8.85. The Bertz CT molecular complexity index is 4130. The number of rotatable bonds is 4. The standard InChI is InChI=1S/C57H32N4O2/c1-3-16-36-29-48-44(27-34(36)14-1)45-28-35-15-2-4-17-37(35)30-49(45)61(48)38-31-46-40-20-7-9-24-50(40)63-54(46)47(32-38)57-59-55(41-22-11-18-33-13-5-6-19-39(33)41)58-56(60-57)43-23-12-26-52-53(43)42-21-8-10-25-51(42)62-52/h1-32H. The summed E-state index contributed by atoms with van der Waals surface area (Å²) in [6.07, 6.45) is 0. The van der Waals surface area contributed by atoms with Crippen LogP contribution >= 0.6 is 0 Å². The van der Waals surface area contributed by atoms with E-state index in [9.17, 15) is 0 Å². The summed E-state index contributed by atoms with van der Waals surface area (Å²) in [4.78, 5) is 16.2. The van der Waals surface area contributed by atoms with Gasteiger partial charge in [0.15, 0.2) is 17.5 Å². The van der Waals surface area contributed by atoms with Crippen LogP contribution in [0.3, 0.4) is 0 Å². The van der Waals surface area contributed by atoms with Gasteiger partial charge in [-0.3, -0.25) is 0 Å². The Hall–Kier alpha value is -8.61. The van der Waals surface area contributed by atoms with E-state index in [-0.39, 0.29) is 0 Å². The number of aromatic nitrogens is 4. The fourth-order valence-electron chi connectivity index (χ4n) is 9.89. The van der Waals surface area contributed by atoms with Crippen LogP contribution in [-0.2, 0) is 0 Å². The van der Waals surface area contributed by atoms with E-state index in [1.165, 1.54) is 32.3 Å². The molecule has 4 heterocycles. The number of furan rings is 2. The fourth-order valence-corrected chi connectivity index (χ4v) is 9.89. The molecule has 63 heavy (non-hydrogen) atoms. The van der Waals surface area contributed by atoms with Gasteiger partial charge in [-0.05, 0) is 86.9 Å². The minimum Gasteiger partial charge on any atom is -0.456 e. The van der Waals surface area contributed by atoms with E-state index in [1.54, 1.807) is 0 Å². The van der Waals surface area contributed by atoms with Gasteiger partial charge in [-0.25, -0.2) is 15.0 Å². The highest BCUT2D eigenvalue weighted by molar-refractivity contribution is 6.18. The smallest absolute Gasteiger partial charge is 0.167 e. The number of para-hydroxylation sites is 2. The van der Waals surface area contributed by atoms with Crippen molar-refractivity contribution in [1.82, 2.24) is 19.5 Å². The highest BCUT2D eigenvalue weighted by atomic mass is 16.3. The lowest BCUT2D eigenvalue weighted by Crippen LogP contribution is -2.02. The fraction of sp³-hybridized carbons (Fsp3) is 0. The first-order valence-corrected chi connectivity index (χ1v) is 21.2. The molecule has 0 saturated carbocycles. The summed E-state index contributed by atoms with van der Waals surface area (Å²) in [5.74, 6) is 1.63. The van der Waals surface area contributed by atoms with E-state index in [0.717, 1.165) is 82.5 Å². The van der Waals surface area contributed by atoms with E-state index < -0.39 is 0 Å². The third kappa shape index (κ3) is 5.09. The topological polar surface area (TPSA) is 69.9 Å². The highest BCUT2D eigenvalue weighted by Gasteiger charge is 2.24. The predicted molar refractivity (Wildman–Crippen MR) is 258 cm³/mol. The zero-order valence-corrected chi connectivity index (χ0v) is 33.6. The highest BCUT2D eigenvalue weighted by Crippen LogP contribution is 2.43. The quantitative estimate of drug-likeness (QED) is 0.177. The molecule has 0 N–H and O–H groups in total. The SMILES string of the molecule is c1ccc2cc3c(cc2c1)c1cc2ccccc2cc1n3-c1cc(-c2nc(-c3cccc4ccccc34)nc(-c3cccc4oc5ccccc5c34)n2)c2oc3ccccc3c2c1. The predicted octanol–water partition coefficient (Wildman–Crippen LogP) is 15.2. The van der Waals surface area contributed by atoms with Crippen molar-refractivity contribution in [2.45, 2.75) is 0 Å². The summed E-state index contributed by atoms with van der Waals surface area (Å²) < 4.78 is 15.6. The average molecular weight is 805 g/mol. The summed E-state index contributed by atoms with van der Waals surface area (Å²) in [7, 11) is 0. The molecule has 0 bridgehead atoms. The summed E-state index contributed by atoms with van der Waals surface area (Å²) in [6, 6.07) is 68.1. The number of hydrogen-bond donors (Lipinski definition) is 0. The molecule has 0 amide bonds. The van der Waals surface area contributed by atoms with Gasteiger partial charge in [0.1, 0.15) is 22.3 Å². The molecule has 0 fully saturated rings. The molecule has 14 rings (SSSR count). The zero-order valence-electron chi connectivity index (χ0n) is 33.6. The van der Waals surface area contributed by atoms with Crippen LogP contribution in [0.2, 0.25) is 0 Å². The number of benzene rings is 10. The summed E-state index contributed by atoms with van der Waals surface area (Å²) in [5, 5.41) is 13.3. The maximum Gasteiger partial charge on any atom is 0.167 e. The van der Waals surface area contributed by atoms with Gasteiger partial charge in [0.2, 0.25) is 0 Å². The summed E-state index contributed by atoms with van der Waals surface area (Å²) in [6.45, 7) is 0. The van der Waals surface area contributed by atoms with E-state index in [1.807, 2.05) is 42.5 Å². The molecule has 4 aromatic heterocycles. The third-order valence-electron chi connectivity index (χ3n) is 12.8. The number of fused-ring (bicyclic) bond motifs is 12. The minimum absolute atomic E-state index is 0.510. The molecule has 0 unspecified atom stereocenters. The van der Waals surface area contributed by atoms with E-state index in [2.05, 4.69) is 156 Å². The zero-order chi connectivity index (χ0) is 41.2. The van der Waals surface area contributed by atoms with Crippen molar-refractivity contribution in [2.24, 2.45) is 0 Å². The molecule has 0 spiro atoms. The Morgan fingerprint density at radius 2 is 0.810 bits per heavy atom. The first-order chi connectivity index (χ1) is 31.2. The Balaban J connectivity index is 1.12. The van der Waals surface area contributed by atoms with Crippen molar-refractivity contribution >= 4 is 98.0 Å². The van der Waals surface area contributed by atoms with Crippen LogP contribution in [0, 0.1) is 0 Å². The molecule has 0 saturated heterocycles. The molecule has 0 aliphatic rings. The molecule has 6 nitrogen and oxygen atoms in total. The lowest BCUT2D eigenvalue weighted by molar-refractivity contribution is 0.668. The van der Waals surface area contributed by atoms with Crippen molar-refractivity contribution in [3.05, 3.63) is 194 Å². The molecular weight excluding hydrogens is 773 g/mol. The van der Waals surface area contributed by atoms with Crippen molar-refractivity contribution < 1.29 is 8.83 Å². The van der Waals surface area contributed by atoms with E-state index in [0.29, 0.717) is 23.1 Å². The lowest BCUT2D eigenvalue weighted by Gasteiger charge is -2.14. The van der Waals surface area contributed by atoms with Crippen LogP contribution in [0.1, 0.15) is 0 Å². The molecule has 14 aromatic rings. The van der Waals surface area contributed by atoms with Crippen LogP contribution in [0.5, 0.6) is 0 Å². The monoisotopic (exact) mass is 804 g/mol. The first kappa shape index (κ1) is 34.1. The molecule has 6 heteroatoms. The molecule has 10 aromatic carbocycles. The van der Waals surface area contributed by atoms with Crippen molar-refractivity contribution in [3.8, 4) is 39.9 Å². The van der Waals surface area contributed by atoms with Crippen molar-refractivity contribution in [1.29, 1.82) is 0 Å². The van der Waals surface area contributed by atoms with Gasteiger partial charge in [-0.2, -0.15) is 0 Å². The van der Waals surface area contributed by atoms with Gasteiger partial charge in [0.25, 0.3) is 0 Å². The van der Waals surface area contributed by atoms with Gasteiger partial charge in [0.05, 0.1) is 16.6 Å². The van der Waals surface area contributed by atoms with Crippen LogP contribution in [0.4, 0.5) is 0 Å². The van der Waals surface area contributed by atoms with Crippen LogP contribution in [-0.4, -0.2) is 19.5 Å². The van der Waals surface area contributed by atoms with Crippen LogP contribution in [0.25, 0.3) is 138 Å². The molecule has 0 radical (unpaired) electrons. The van der Waals surface area contributed by atoms with E-state index >= 15 is 0 Å². The van der Waals surface area contributed by atoms with Gasteiger partial charge in [-0.1, -0.05) is 140 Å². The molecule has 0 atom stereocenters. The van der Waals surface area contributed by atoms with Crippen molar-refractivity contribution in [2.75, 3.05) is 0 Å². The van der Waals surface area contributed by atoms with Gasteiger partial charge >= 0.3 is 0 Å². The normalized spacial score (nSPS) is 12.1. The third-order valence-corrected chi connectivity index (χ3v) is 12.8. The van der Waals surface area contributed by atoms with Gasteiger partial charge in [-0.15, -0.1) is 0 Å². The van der Waals surface area contributed by atoms with Gasteiger partial charge < -0.3 is 13.4 Å². The van der Waals surface area contributed by atoms with Crippen LogP contribution in [0.15, 0.2) is 203 Å². The van der Waals surface area contributed by atoms with Crippen molar-refractivity contribution in [3.63, 3.8) is 0 Å². The molecule has 0 aliphatic heterocycles. The largest absolute Gasteiger partial charge is 0.456 e. The van der Waals surface area contributed by atoms with Gasteiger partial charge in [0, 0.05) is 49.1 Å². The van der Waals surface area contributed by atoms with E-state index in [4.69, 9.17) is 23.8 Å². The Labute approximate surface area is 358 Å². The molecular formula is C57H32N4O2. The average Bonchev–Trinajstić information content (AvgIpc) is 4.01.